The van der Waals surface area contributed by atoms with E-state index in [9.17, 15) is 18.0 Å². The molecule has 0 aromatic heterocycles. The van der Waals surface area contributed by atoms with Gasteiger partial charge in [0.1, 0.15) is 11.6 Å². The van der Waals surface area contributed by atoms with Crippen LogP contribution in [0.2, 0.25) is 0 Å². The minimum Gasteiger partial charge on any atom is -0.444 e. The first kappa shape index (κ1) is 15.1. The second kappa shape index (κ2) is 4.95. The van der Waals surface area contributed by atoms with E-state index in [0.29, 0.717) is 11.3 Å². The molecule has 4 nitrogen and oxygen atoms in total. The number of hydrogen-bond acceptors (Lipinski definition) is 3. The standard InChI is InChI=1S/C11H19F3N2O2/c1-10(2,3)18-9(17)16-6-4-5-7(15)8(16)11(12,13)14/h7-8H,4-6,15H2,1-3H3/t7-,8-/m0/s1. The van der Waals surface area contributed by atoms with E-state index in [2.05, 4.69) is 0 Å². The van der Waals surface area contributed by atoms with Crippen LogP contribution in [0.1, 0.15) is 33.6 Å². The Kier molecular flexibility index (Phi) is 4.15. The number of rotatable bonds is 0. The lowest BCUT2D eigenvalue weighted by Gasteiger charge is -2.40. The molecule has 18 heavy (non-hydrogen) atoms. The normalized spacial score (nSPS) is 26.1. The van der Waals surface area contributed by atoms with Gasteiger partial charge in [0.05, 0.1) is 0 Å². The van der Waals surface area contributed by atoms with Crippen LogP contribution in [-0.2, 0) is 4.74 Å². The van der Waals surface area contributed by atoms with Crippen LogP contribution in [0.3, 0.4) is 0 Å². The Hall–Kier alpha value is -0.980. The lowest BCUT2D eigenvalue weighted by Crippen LogP contribution is -2.61. The van der Waals surface area contributed by atoms with Crippen molar-refractivity contribution in [1.29, 1.82) is 0 Å². The van der Waals surface area contributed by atoms with Crippen LogP contribution in [0, 0.1) is 0 Å². The number of ether oxygens (including phenoxy) is 1. The van der Waals surface area contributed by atoms with Crippen molar-refractivity contribution in [2.24, 2.45) is 5.73 Å². The summed E-state index contributed by atoms with van der Waals surface area (Å²) in [6.07, 6.45) is -4.78. The zero-order valence-electron chi connectivity index (χ0n) is 10.8. The van der Waals surface area contributed by atoms with E-state index in [1.807, 2.05) is 0 Å². The molecule has 2 atom stereocenters. The summed E-state index contributed by atoms with van der Waals surface area (Å²) in [7, 11) is 0. The van der Waals surface area contributed by atoms with E-state index < -0.39 is 30.0 Å². The van der Waals surface area contributed by atoms with Gasteiger partial charge in [-0.1, -0.05) is 0 Å². The second-order valence-corrected chi connectivity index (χ2v) is 5.47. The van der Waals surface area contributed by atoms with Gasteiger partial charge in [-0.3, -0.25) is 4.90 Å². The lowest BCUT2D eigenvalue weighted by molar-refractivity contribution is -0.191. The van der Waals surface area contributed by atoms with E-state index >= 15 is 0 Å². The summed E-state index contributed by atoms with van der Waals surface area (Å²) in [4.78, 5) is 12.5. The van der Waals surface area contributed by atoms with Crippen LogP contribution in [0.25, 0.3) is 0 Å². The van der Waals surface area contributed by atoms with E-state index in [-0.39, 0.29) is 13.0 Å². The molecule has 0 aliphatic carbocycles. The van der Waals surface area contributed by atoms with Crippen molar-refractivity contribution in [3.8, 4) is 0 Å². The van der Waals surface area contributed by atoms with Crippen LogP contribution in [-0.4, -0.2) is 41.4 Å². The summed E-state index contributed by atoms with van der Waals surface area (Å²) in [5.74, 6) is 0. The third-order valence-corrected chi connectivity index (χ3v) is 2.64. The molecule has 0 saturated carbocycles. The highest BCUT2D eigenvalue weighted by atomic mass is 19.4. The fourth-order valence-corrected chi connectivity index (χ4v) is 1.97. The van der Waals surface area contributed by atoms with E-state index in [4.69, 9.17) is 10.5 Å². The highest BCUT2D eigenvalue weighted by molar-refractivity contribution is 5.69. The number of nitrogens with two attached hydrogens (primary N) is 1. The second-order valence-electron chi connectivity index (χ2n) is 5.47. The molecule has 1 amide bonds. The average molecular weight is 268 g/mol. The number of likely N-dealkylation sites (tertiary alicyclic amines) is 1. The van der Waals surface area contributed by atoms with Crippen molar-refractivity contribution in [2.45, 2.75) is 57.5 Å². The maximum Gasteiger partial charge on any atom is 0.410 e. The molecule has 7 heteroatoms. The molecule has 0 aromatic rings. The van der Waals surface area contributed by atoms with Crippen LogP contribution in [0.4, 0.5) is 18.0 Å². The first-order valence-electron chi connectivity index (χ1n) is 5.84. The largest absolute Gasteiger partial charge is 0.444 e. The van der Waals surface area contributed by atoms with Crippen molar-refractivity contribution in [3.63, 3.8) is 0 Å². The number of amides is 1. The molecule has 0 unspecified atom stereocenters. The number of alkyl halides is 3. The Morgan fingerprint density at radius 1 is 1.33 bits per heavy atom. The Bertz CT molecular complexity index is 312. The van der Waals surface area contributed by atoms with Gasteiger partial charge in [0.2, 0.25) is 0 Å². The molecule has 1 aliphatic rings. The molecule has 106 valence electrons. The van der Waals surface area contributed by atoms with Gasteiger partial charge in [-0.05, 0) is 33.6 Å². The summed E-state index contributed by atoms with van der Waals surface area (Å²) in [6, 6.07) is -3.05. The molecule has 1 heterocycles. The molecule has 1 aliphatic heterocycles. The highest BCUT2D eigenvalue weighted by Crippen LogP contribution is 2.32. The smallest absolute Gasteiger partial charge is 0.410 e. The molecule has 1 saturated heterocycles. The molecule has 0 aromatic carbocycles. The predicted octanol–water partition coefficient (Wildman–Crippen LogP) is 2.28. The number of carbonyl (C=O) groups excluding carboxylic acids is 1. The summed E-state index contributed by atoms with van der Waals surface area (Å²) in [5, 5.41) is 0. The van der Waals surface area contributed by atoms with Crippen molar-refractivity contribution < 1.29 is 22.7 Å². The highest BCUT2D eigenvalue weighted by Gasteiger charge is 2.51. The molecule has 0 bridgehead atoms. The maximum atomic E-state index is 12.9. The van der Waals surface area contributed by atoms with E-state index in [0.717, 1.165) is 0 Å². The Morgan fingerprint density at radius 3 is 2.33 bits per heavy atom. The number of piperidine rings is 1. The van der Waals surface area contributed by atoms with E-state index in [1.54, 1.807) is 20.8 Å². The molecular weight excluding hydrogens is 249 g/mol. The summed E-state index contributed by atoms with van der Waals surface area (Å²) in [5.41, 5.74) is 4.66. The number of halogens is 3. The molecule has 1 rings (SSSR count). The summed E-state index contributed by atoms with van der Waals surface area (Å²) >= 11 is 0. The Balaban J connectivity index is 2.87. The van der Waals surface area contributed by atoms with Gasteiger partial charge in [0.25, 0.3) is 0 Å². The fraction of sp³-hybridized carbons (Fsp3) is 0.909. The average Bonchev–Trinajstić information content (AvgIpc) is 2.12. The third-order valence-electron chi connectivity index (χ3n) is 2.64. The zero-order valence-corrected chi connectivity index (χ0v) is 10.8. The van der Waals surface area contributed by atoms with Crippen LogP contribution in [0.5, 0.6) is 0 Å². The number of carbonyl (C=O) groups is 1. The first-order chi connectivity index (χ1) is 8.02. The third kappa shape index (κ3) is 3.76. The van der Waals surface area contributed by atoms with Gasteiger partial charge >= 0.3 is 12.3 Å². The summed E-state index contributed by atoms with van der Waals surface area (Å²) < 4.78 is 43.7. The maximum absolute atomic E-state index is 12.9. The molecule has 2 N–H and O–H groups in total. The quantitative estimate of drug-likeness (QED) is 0.733. The van der Waals surface area contributed by atoms with Crippen molar-refractivity contribution in [1.82, 2.24) is 4.90 Å². The van der Waals surface area contributed by atoms with Gasteiger partial charge < -0.3 is 10.5 Å². The summed E-state index contributed by atoms with van der Waals surface area (Å²) in [6.45, 7) is 4.85. The van der Waals surface area contributed by atoms with Crippen molar-refractivity contribution in [3.05, 3.63) is 0 Å². The van der Waals surface area contributed by atoms with E-state index in [1.165, 1.54) is 0 Å². The van der Waals surface area contributed by atoms with Gasteiger partial charge in [-0.2, -0.15) is 13.2 Å². The zero-order chi connectivity index (χ0) is 14.1. The number of hydrogen-bond donors (Lipinski definition) is 1. The van der Waals surface area contributed by atoms with Crippen molar-refractivity contribution in [2.75, 3.05) is 6.54 Å². The number of nitrogens with zero attached hydrogens (tertiary/aromatic N) is 1. The van der Waals surface area contributed by atoms with Gasteiger partial charge in [-0.25, -0.2) is 4.79 Å². The molecule has 0 spiro atoms. The topological polar surface area (TPSA) is 55.6 Å². The predicted molar refractivity (Wildman–Crippen MR) is 60.0 cm³/mol. The van der Waals surface area contributed by atoms with Crippen molar-refractivity contribution >= 4 is 6.09 Å². The molecule has 1 fully saturated rings. The minimum absolute atomic E-state index is 0.0206. The SMILES string of the molecule is CC(C)(C)OC(=O)N1CCC[C@H](N)[C@H]1C(F)(F)F. The fourth-order valence-electron chi connectivity index (χ4n) is 1.97. The lowest BCUT2D eigenvalue weighted by atomic mass is 9.97. The van der Waals surface area contributed by atoms with Gasteiger partial charge in [0, 0.05) is 12.6 Å². The molecule has 0 radical (unpaired) electrons. The van der Waals surface area contributed by atoms with Crippen LogP contribution < -0.4 is 5.73 Å². The minimum atomic E-state index is -4.53. The van der Waals surface area contributed by atoms with Crippen LogP contribution >= 0.6 is 0 Å². The monoisotopic (exact) mass is 268 g/mol. The van der Waals surface area contributed by atoms with Crippen LogP contribution in [0.15, 0.2) is 0 Å². The first-order valence-corrected chi connectivity index (χ1v) is 5.84. The van der Waals surface area contributed by atoms with Gasteiger partial charge in [0.15, 0.2) is 0 Å². The molecular formula is C11H19F3N2O2. The Morgan fingerprint density at radius 2 is 1.89 bits per heavy atom. The Labute approximate surface area is 104 Å². The van der Waals surface area contributed by atoms with Gasteiger partial charge in [-0.15, -0.1) is 0 Å².